The molecule has 0 spiro atoms. The smallest absolute Gasteiger partial charge is 0.324 e. The topological polar surface area (TPSA) is 91.5 Å². The number of hydrogen-bond donors (Lipinski definition) is 0. The third kappa shape index (κ3) is 3.76. The Labute approximate surface area is 151 Å². The highest BCUT2D eigenvalue weighted by molar-refractivity contribution is 6.01. The van der Waals surface area contributed by atoms with Crippen molar-refractivity contribution in [2.24, 2.45) is 0 Å². The quantitative estimate of drug-likeness (QED) is 0.554. The van der Waals surface area contributed by atoms with Crippen LogP contribution in [0.3, 0.4) is 0 Å². The Hall–Kier alpha value is -2.70. The molecule has 1 aromatic carbocycles. The van der Waals surface area contributed by atoms with Crippen LogP contribution in [0.5, 0.6) is 0 Å². The molecule has 0 saturated heterocycles. The number of rotatable bonds is 7. The van der Waals surface area contributed by atoms with Crippen molar-refractivity contribution in [3.63, 3.8) is 0 Å². The SMILES string of the molecule is CCOC(=O)C(C(=O)OCC)c1cccc(-c2noc(C3CCC3)n2)c1. The lowest BCUT2D eigenvalue weighted by atomic mass is 9.85. The summed E-state index contributed by atoms with van der Waals surface area (Å²) in [5.74, 6) is -0.971. The van der Waals surface area contributed by atoms with E-state index in [1.54, 1.807) is 32.0 Å². The van der Waals surface area contributed by atoms with E-state index in [2.05, 4.69) is 10.1 Å². The van der Waals surface area contributed by atoms with Crippen LogP contribution in [0.1, 0.15) is 56.4 Å². The molecule has 3 rings (SSSR count). The fourth-order valence-electron chi connectivity index (χ4n) is 2.85. The van der Waals surface area contributed by atoms with E-state index in [9.17, 15) is 9.59 Å². The van der Waals surface area contributed by atoms with Gasteiger partial charge in [0, 0.05) is 11.5 Å². The van der Waals surface area contributed by atoms with E-state index in [0.717, 1.165) is 12.8 Å². The molecule has 0 unspecified atom stereocenters. The molecule has 0 bridgehead atoms. The fraction of sp³-hybridized carbons (Fsp3) is 0.474. The van der Waals surface area contributed by atoms with E-state index in [-0.39, 0.29) is 13.2 Å². The van der Waals surface area contributed by atoms with Crippen LogP contribution in [0.15, 0.2) is 28.8 Å². The van der Waals surface area contributed by atoms with Crippen LogP contribution in [0.25, 0.3) is 11.4 Å². The molecule has 1 aliphatic carbocycles. The molecule has 26 heavy (non-hydrogen) atoms. The highest BCUT2D eigenvalue weighted by Crippen LogP contribution is 2.36. The maximum atomic E-state index is 12.3. The minimum atomic E-state index is -1.13. The van der Waals surface area contributed by atoms with Crippen molar-refractivity contribution in [1.82, 2.24) is 10.1 Å². The second-order valence-electron chi connectivity index (χ2n) is 6.15. The van der Waals surface area contributed by atoms with E-state index in [0.29, 0.717) is 28.8 Å². The largest absolute Gasteiger partial charge is 0.465 e. The fourth-order valence-corrected chi connectivity index (χ4v) is 2.85. The van der Waals surface area contributed by atoms with Crippen molar-refractivity contribution in [3.8, 4) is 11.4 Å². The van der Waals surface area contributed by atoms with Crippen LogP contribution in [0.4, 0.5) is 0 Å². The third-order valence-electron chi connectivity index (χ3n) is 4.42. The van der Waals surface area contributed by atoms with Gasteiger partial charge in [-0.15, -0.1) is 0 Å². The lowest BCUT2D eigenvalue weighted by molar-refractivity contribution is -0.156. The van der Waals surface area contributed by atoms with Gasteiger partial charge in [0.15, 0.2) is 5.92 Å². The normalized spacial score (nSPS) is 14.1. The van der Waals surface area contributed by atoms with Crippen LogP contribution in [0, 0.1) is 0 Å². The Balaban J connectivity index is 1.88. The van der Waals surface area contributed by atoms with E-state index >= 15 is 0 Å². The van der Waals surface area contributed by atoms with Gasteiger partial charge in [-0.3, -0.25) is 9.59 Å². The molecular weight excluding hydrogens is 336 g/mol. The van der Waals surface area contributed by atoms with Crippen LogP contribution in [-0.2, 0) is 19.1 Å². The Kier molecular flexibility index (Phi) is 5.65. The average Bonchev–Trinajstić information content (AvgIpc) is 3.04. The van der Waals surface area contributed by atoms with Gasteiger partial charge in [0.05, 0.1) is 13.2 Å². The number of carbonyl (C=O) groups is 2. The first kappa shape index (κ1) is 18.1. The van der Waals surface area contributed by atoms with Crippen LogP contribution < -0.4 is 0 Å². The Morgan fingerprint density at radius 2 is 1.88 bits per heavy atom. The first-order chi connectivity index (χ1) is 12.6. The van der Waals surface area contributed by atoms with Gasteiger partial charge < -0.3 is 14.0 Å². The molecule has 7 heteroatoms. The molecule has 0 atom stereocenters. The molecule has 138 valence electrons. The summed E-state index contributed by atoms with van der Waals surface area (Å²) in [5.41, 5.74) is 1.16. The third-order valence-corrected chi connectivity index (χ3v) is 4.42. The summed E-state index contributed by atoms with van der Waals surface area (Å²) in [7, 11) is 0. The molecule has 0 N–H and O–H groups in total. The van der Waals surface area contributed by atoms with E-state index in [1.807, 2.05) is 6.07 Å². The minimum absolute atomic E-state index is 0.185. The van der Waals surface area contributed by atoms with Gasteiger partial charge in [-0.25, -0.2) is 0 Å². The van der Waals surface area contributed by atoms with Gasteiger partial charge in [-0.1, -0.05) is 29.8 Å². The minimum Gasteiger partial charge on any atom is -0.465 e. The highest BCUT2D eigenvalue weighted by Gasteiger charge is 2.32. The number of nitrogens with zero attached hydrogens (tertiary/aromatic N) is 2. The maximum Gasteiger partial charge on any atom is 0.324 e. The second-order valence-corrected chi connectivity index (χ2v) is 6.15. The molecule has 1 saturated carbocycles. The zero-order valence-electron chi connectivity index (χ0n) is 14.9. The molecule has 1 fully saturated rings. The monoisotopic (exact) mass is 358 g/mol. The predicted octanol–water partition coefficient (Wildman–Crippen LogP) is 3.21. The molecule has 0 radical (unpaired) electrons. The van der Waals surface area contributed by atoms with Crippen molar-refractivity contribution < 1.29 is 23.6 Å². The lowest BCUT2D eigenvalue weighted by Gasteiger charge is -2.20. The average molecular weight is 358 g/mol. The molecule has 2 aromatic rings. The van der Waals surface area contributed by atoms with Crippen molar-refractivity contribution in [2.75, 3.05) is 13.2 Å². The molecule has 1 aromatic heterocycles. The molecule has 7 nitrogen and oxygen atoms in total. The van der Waals surface area contributed by atoms with Crippen LogP contribution in [0.2, 0.25) is 0 Å². The molecular formula is C19H22N2O5. The second kappa shape index (κ2) is 8.12. The molecule has 1 aliphatic rings. The van der Waals surface area contributed by atoms with Crippen LogP contribution in [-0.4, -0.2) is 35.3 Å². The summed E-state index contributed by atoms with van der Waals surface area (Å²) in [5, 5.41) is 4.03. The highest BCUT2D eigenvalue weighted by atomic mass is 16.6. The van der Waals surface area contributed by atoms with Gasteiger partial charge in [0.2, 0.25) is 11.7 Å². The zero-order valence-corrected chi connectivity index (χ0v) is 14.9. The standard InChI is InChI=1S/C19H22N2O5/c1-3-24-18(22)15(19(23)25-4-2)13-9-6-10-14(11-13)16-20-17(26-21-16)12-7-5-8-12/h6,9-12,15H,3-5,7-8H2,1-2H3. The predicted molar refractivity (Wildman–Crippen MR) is 92.3 cm³/mol. The van der Waals surface area contributed by atoms with Crippen molar-refractivity contribution >= 4 is 11.9 Å². The number of hydrogen-bond acceptors (Lipinski definition) is 7. The summed E-state index contributed by atoms with van der Waals surface area (Å²) in [4.78, 5) is 29.0. The van der Waals surface area contributed by atoms with Crippen LogP contribution >= 0.6 is 0 Å². The van der Waals surface area contributed by atoms with E-state index < -0.39 is 17.9 Å². The number of esters is 2. The summed E-state index contributed by atoms with van der Waals surface area (Å²) < 4.78 is 15.4. The Bertz CT molecular complexity index is 764. The first-order valence-electron chi connectivity index (χ1n) is 8.91. The molecule has 1 heterocycles. The number of ether oxygens (including phenoxy) is 2. The van der Waals surface area contributed by atoms with Crippen molar-refractivity contribution in [1.29, 1.82) is 0 Å². The van der Waals surface area contributed by atoms with Crippen molar-refractivity contribution in [2.45, 2.75) is 44.9 Å². The zero-order chi connectivity index (χ0) is 18.5. The molecule has 0 aliphatic heterocycles. The summed E-state index contributed by atoms with van der Waals surface area (Å²) in [6.45, 7) is 3.75. The maximum absolute atomic E-state index is 12.3. The number of benzene rings is 1. The van der Waals surface area contributed by atoms with E-state index in [4.69, 9.17) is 14.0 Å². The van der Waals surface area contributed by atoms with Gasteiger partial charge in [-0.2, -0.15) is 4.98 Å². The van der Waals surface area contributed by atoms with E-state index in [1.165, 1.54) is 6.42 Å². The van der Waals surface area contributed by atoms with Gasteiger partial charge in [0.1, 0.15) is 0 Å². The van der Waals surface area contributed by atoms with Crippen molar-refractivity contribution in [3.05, 3.63) is 35.7 Å². The number of aromatic nitrogens is 2. The van der Waals surface area contributed by atoms with Gasteiger partial charge in [0.25, 0.3) is 0 Å². The lowest BCUT2D eigenvalue weighted by Crippen LogP contribution is -2.26. The summed E-state index contributed by atoms with van der Waals surface area (Å²) in [6.07, 6.45) is 3.31. The van der Waals surface area contributed by atoms with Gasteiger partial charge in [-0.05, 0) is 38.3 Å². The first-order valence-corrected chi connectivity index (χ1v) is 8.91. The summed E-state index contributed by atoms with van der Waals surface area (Å²) >= 11 is 0. The Morgan fingerprint density at radius 3 is 2.46 bits per heavy atom. The number of carbonyl (C=O) groups excluding carboxylic acids is 2. The summed E-state index contributed by atoms with van der Waals surface area (Å²) in [6, 6.07) is 6.95. The molecule has 0 amide bonds. The Morgan fingerprint density at radius 1 is 1.19 bits per heavy atom. The van der Waals surface area contributed by atoms with Gasteiger partial charge >= 0.3 is 11.9 Å².